The second-order valence-corrected chi connectivity index (χ2v) is 12.7. The highest BCUT2D eigenvalue weighted by molar-refractivity contribution is 6.95. The lowest BCUT2D eigenvalue weighted by atomic mass is 10.2. The molecule has 28 heavy (non-hydrogen) atoms. The molecule has 156 valence electrons. The summed E-state index contributed by atoms with van der Waals surface area (Å²) in [6, 6.07) is 10.3. The quantitative estimate of drug-likeness (QED) is 0.515. The van der Waals surface area contributed by atoms with E-state index in [0.717, 1.165) is 10.3 Å². The molecule has 2 amide bonds. The Morgan fingerprint density at radius 2 is 1.68 bits per heavy atom. The first-order valence-electron chi connectivity index (χ1n) is 9.42. The number of nitrogens with zero attached hydrogens (tertiary/aromatic N) is 2. The molecule has 0 spiro atoms. The maximum Gasteiger partial charge on any atom is 0.411 e. The average Bonchev–Trinajstić information content (AvgIpc) is 2.63. The summed E-state index contributed by atoms with van der Waals surface area (Å²) in [6.45, 7) is 12.1. The Morgan fingerprint density at radius 1 is 1.11 bits per heavy atom. The Morgan fingerprint density at radius 3 is 2.14 bits per heavy atom. The number of rotatable bonds is 7. The summed E-state index contributed by atoms with van der Waals surface area (Å²) in [4.78, 5) is 31.6. The first-order chi connectivity index (χ1) is 12.9. The van der Waals surface area contributed by atoms with E-state index in [-0.39, 0.29) is 12.5 Å². The van der Waals surface area contributed by atoms with Gasteiger partial charge in [-0.1, -0.05) is 59.9 Å². The van der Waals surface area contributed by atoms with Crippen LogP contribution in [0.5, 0.6) is 0 Å². The number of hydroxylamine groups is 2. The van der Waals surface area contributed by atoms with E-state index in [9.17, 15) is 9.59 Å². The SMILES string of the molecule is C/C=C(/CN(CC(=O)N(C)OC)C(=O)OC(C)(C)C)[Si](C)(C)c1ccccc1. The second-order valence-electron chi connectivity index (χ2n) is 8.22. The molecule has 0 saturated carbocycles. The van der Waals surface area contributed by atoms with E-state index in [2.05, 4.69) is 31.3 Å². The molecule has 0 aliphatic rings. The Bertz CT molecular complexity index is 696. The molecule has 0 radical (unpaired) electrons. The van der Waals surface area contributed by atoms with Gasteiger partial charge in [-0.25, -0.2) is 9.86 Å². The first-order valence-corrected chi connectivity index (χ1v) is 12.4. The first kappa shape index (κ1) is 23.9. The van der Waals surface area contributed by atoms with Crippen molar-refractivity contribution in [2.45, 2.75) is 46.4 Å². The van der Waals surface area contributed by atoms with Gasteiger partial charge in [0.2, 0.25) is 0 Å². The van der Waals surface area contributed by atoms with Crippen molar-refractivity contribution in [3.05, 3.63) is 41.6 Å². The predicted octanol–water partition coefficient (Wildman–Crippen LogP) is 3.34. The highest BCUT2D eigenvalue weighted by Gasteiger charge is 2.32. The molecule has 0 aromatic heterocycles. The standard InChI is InChI=1S/C21H34N2O4Si/c1-9-17(28(7,8)18-13-11-10-12-14-18)15-23(16-19(24)22(5)26-6)20(25)27-21(2,3)4/h9-14H,15-16H2,1-8H3/b17-9-. The highest BCUT2D eigenvalue weighted by Crippen LogP contribution is 2.19. The predicted molar refractivity (Wildman–Crippen MR) is 115 cm³/mol. The fourth-order valence-electron chi connectivity index (χ4n) is 2.77. The summed E-state index contributed by atoms with van der Waals surface area (Å²) in [5.74, 6) is -0.317. The van der Waals surface area contributed by atoms with Gasteiger partial charge in [0.15, 0.2) is 0 Å². The molecule has 0 aliphatic carbocycles. The van der Waals surface area contributed by atoms with E-state index in [1.165, 1.54) is 24.2 Å². The Hall–Kier alpha value is -2.12. The van der Waals surface area contributed by atoms with E-state index in [1.54, 1.807) is 0 Å². The number of carbonyl (C=O) groups is 2. The van der Waals surface area contributed by atoms with Gasteiger partial charge in [0.05, 0.1) is 7.11 Å². The second kappa shape index (κ2) is 9.89. The van der Waals surface area contributed by atoms with Gasteiger partial charge in [0.25, 0.3) is 5.91 Å². The fraction of sp³-hybridized carbons (Fsp3) is 0.524. The highest BCUT2D eigenvalue weighted by atomic mass is 28.3. The van der Waals surface area contributed by atoms with Gasteiger partial charge in [-0.3, -0.25) is 14.5 Å². The normalized spacial score (nSPS) is 12.5. The van der Waals surface area contributed by atoms with Gasteiger partial charge in [0, 0.05) is 13.6 Å². The molecule has 0 saturated heterocycles. The van der Waals surface area contributed by atoms with Crippen LogP contribution in [0.1, 0.15) is 27.7 Å². The molecule has 6 nitrogen and oxygen atoms in total. The summed E-state index contributed by atoms with van der Waals surface area (Å²) >= 11 is 0. The Kier molecular flexibility index (Phi) is 8.44. The van der Waals surface area contributed by atoms with Crippen molar-refractivity contribution in [3.63, 3.8) is 0 Å². The molecule has 1 rings (SSSR count). The molecule has 0 fully saturated rings. The molecule has 0 bridgehead atoms. The minimum absolute atomic E-state index is 0.115. The van der Waals surface area contributed by atoms with Crippen molar-refractivity contribution in [2.75, 3.05) is 27.2 Å². The number of ether oxygens (including phenoxy) is 1. The zero-order chi connectivity index (χ0) is 21.5. The van der Waals surface area contributed by atoms with Crippen LogP contribution in [0.15, 0.2) is 41.6 Å². The van der Waals surface area contributed by atoms with E-state index in [1.807, 2.05) is 45.9 Å². The molecule has 0 atom stereocenters. The molecule has 1 aromatic carbocycles. The summed E-state index contributed by atoms with van der Waals surface area (Å²) < 4.78 is 5.54. The Balaban J connectivity index is 3.14. The van der Waals surface area contributed by atoms with Crippen LogP contribution in [0.25, 0.3) is 0 Å². The van der Waals surface area contributed by atoms with E-state index in [0.29, 0.717) is 6.54 Å². The number of carbonyl (C=O) groups excluding carboxylic acids is 2. The maximum atomic E-state index is 12.8. The summed E-state index contributed by atoms with van der Waals surface area (Å²) in [5.41, 5.74) is -0.645. The molecular formula is C21H34N2O4Si. The summed E-state index contributed by atoms with van der Waals surface area (Å²) in [7, 11) is 0.931. The smallest absolute Gasteiger partial charge is 0.411 e. The molecule has 0 N–H and O–H groups in total. The zero-order valence-electron chi connectivity index (χ0n) is 18.4. The topological polar surface area (TPSA) is 59.1 Å². The lowest BCUT2D eigenvalue weighted by Crippen LogP contribution is -2.50. The molecule has 0 unspecified atom stereocenters. The molecule has 0 aliphatic heterocycles. The minimum Gasteiger partial charge on any atom is -0.444 e. The third kappa shape index (κ3) is 6.80. The van der Waals surface area contributed by atoms with Gasteiger partial charge < -0.3 is 4.74 Å². The average molecular weight is 407 g/mol. The zero-order valence-corrected chi connectivity index (χ0v) is 19.4. The number of allylic oxidation sites excluding steroid dienone is 1. The number of amides is 2. The molecule has 7 heteroatoms. The van der Waals surface area contributed by atoms with Crippen molar-refractivity contribution >= 4 is 25.3 Å². The van der Waals surface area contributed by atoms with Gasteiger partial charge in [0.1, 0.15) is 20.2 Å². The Labute approximate surface area is 170 Å². The minimum atomic E-state index is -2.01. The van der Waals surface area contributed by atoms with E-state index < -0.39 is 19.8 Å². The van der Waals surface area contributed by atoms with Crippen molar-refractivity contribution < 1.29 is 19.2 Å². The van der Waals surface area contributed by atoms with Gasteiger partial charge in [-0.05, 0) is 27.7 Å². The monoisotopic (exact) mass is 406 g/mol. The van der Waals surface area contributed by atoms with Crippen LogP contribution >= 0.6 is 0 Å². The lowest BCUT2D eigenvalue weighted by molar-refractivity contribution is -0.169. The number of benzene rings is 1. The molecule has 1 aromatic rings. The fourth-order valence-corrected chi connectivity index (χ4v) is 5.48. The van der Waals surface area contributed by atoms with Gasteiger partial charge >= 0.3 is 6.09 Å². The van der Waals surface area contributed by atoms with Crippen LogP contribution in [0.4, 0.5) is 4.79 Å². The number of likely N-dealkylation sites (N-methyl/N-ethyl adjacent to an activating group) is 1. The van der Waals surface area contributed by atoms with Crippen LogP contribution in [-0.2, 0) is 14.4 Å². The largest absolute Gasteiger partial charge is 0.444 e. The van der Waals surface area contributed by atoms with Crippen LogP contribution in [0.2, 0.25) is 13.1 Å². The summed E-state index contributed by atoms with van der Waals surface area (Å²) in [6.07, 6.45) is 1.55. The number of hydrogen-bond acceptors (Lipinski definition) is 4. The van der Waals surface area contributed by atoms with Crippen molar-refractivity contribution in [2.24, 2.45) is 0 Å². The van der Waals surface area contributed by atoms with Crippen LogP contribution < -0.4 is 5.19 Å². The van der Waals surface area contributed by atoms with Crippen molar-refractivity contribution in [3.8, 4) is 0 Å². The van der Waals surface area contributed by atoms with Crippen molar-refractivity contribution in [1.29, 1.82) is 0 Å². The van der Waals surface area contributed by atoms with Gasteiger partial charge in [-0.2, -0.15) is 0 Å². The lowest BCUT2D eigenvalue weighted by Gasteiger charge is -2.33. The van der Waals surface area contributed by atoms with E-state index >= 15 is 0 Å². The van der Waals surface area contributed by atoms with E-state index in [4.69, 9.17) is 9.57 Å². The third-order valence-electron chi connectivity index (χ3n) is 4.61. The number of hydrogen-bond donors (Lipinski definition) is 0. The summed E-state index contributed by atoms with van der Waals surface area (Å²) in [5, 5.41) is 3.54. The van der Waals surface area contributed by atoms with Crippen molar-refractivity contribution in [1.82, 2.24) is 9.96 Å². The van der Waals surface area contributed by atoms with Crippen LogP contribution in [0.3, 0.4) is 0 Å². The van der Waals surface area contributed by atoms with Crippen LogP contribution in [0, 0.1) is 0 Å². The third-order valence-corrected chi connectivity index (χ3v) is 8.44. The molecule has 0 heterocycles. The van der Waals surface area contributed by atoms with Crippen LogP contribution in [-0.4, -0.2) is 62.9 Å². The maximum absolute atomic E-state index is 12.8. The molecular weight excluding hydrogens is 372 g/mol. The van der Waals surface area contributed by atoms with Gasteiger partial charge in [-0.15, -0.1) is 0 Å².